The fourth-order valence-electron chi connectivity index (χ4n) is 2.38. The first-order valence-electron chi connectivity index (χ1n) is 6.60. The van der Waals surface area contributed by atoms with E-state index < -0.39 is 4.92 Å². The van der Waals surface area contributed by atoms with E-state index in [1.54, 1.807) is 35.2 Å². The molecule has 1 heterocycles. The molecule has 0 N–H and O–H groups in total. The molecule has 1 amide bonds. The van der Waals surface area contributed by atoms with Gasteiger partial charge in [0, 0.05) is 17.8 Å². The van der Waals surface area contributed by atoms with Crippen LogP contribution in [0.3, 0.4) is 0 Å². The Morgan fingerprint density at radius 3 is 2.65 bits per heavy atom. The largest absolute Gasteiger partial charge is 0.295 e. The Labute approximate surface area is 146 Å². The summed E-state index contributed by atoms with van der Waals surface area (Å²) in [5.74, 6) is 0.220. The summed E-state index contributed by atoms with van der Waals surface area (Å²) in [6, 6.07) is 11.3. The van der Waals surface area contributed by atoms with Crippen LogP contribution in [0.2, 0.25) is 10.0 Å². The van der Waals surface area contributed by atoms with Crippen molar-refractivity contribution in [2.75, 3.05) is 10.7 Å². The van der Waals surface area contributed by atoms with Crippen molar-refractivity contribution in [3.05, 3.63) is 68.2 Å². The fraction of sp³-hybridized carbons (Fsp3) is 0.133. The van der Waals surface area contributed by atoms with Crippen LogP contribution >= 0.6 is 35.0 Å². The van der Waals surface area contributed by atoms with Crippen LogP contribution in [-0.4, -0.2) is 16.6 Å². The first-order chi connectivity index (χ1) is 11.0. The number of non-ortho nitro benzene ring substituents is 1. The van der Waals surface area contributed by atoms with Gasteiger partial charge in [-0.25, -0.2) is 0 Å². The lowest BCUT2D eigenvalue weighted by atomic mass is 10.1. The average Bonchev–Trinajstić information content (AvgIpc) is 2.92. The van der Waals surface area contributed by atoms with E-state index in [0.717, 1.165) is 0 Å². The van der Waals surface area contributed by atoms with Gasteiger partial charge in [-0.15, -0.1) is 11.8 Å². The monoisotopic (exact) mass is 368 g/mol. The third-order valence-electron chi connectivity index (χ3n) is 3.42. The van der Waals surface area contributed by atoms with Gasteiger partial charge in [-0.3, -0.25) is 19.8 Å². The van der Waals surface area contributed by atoms with E-state index in [1.165, 1.54) is 23.9 Å². The lowest BCUT2D eigenvalue weighted by molar-refractivity contribution is -0.384. The number of nitro benzene ring substituents is 1. The zero-order valence-electron chi connectivity index (χ0n) is 11.6. The third-order valence-corrected chi connectivity index (χ3v) is 5.37. The summed E-state index contributed by atoms with van der Waals surface area (Å²) >= 11 is 13.4. The molecule has 1 saturated heterocycles. The lowest BCUT2D eigenvalue weighted by Crippen LogP contribution is -2.27. The number of rotatable bonds is 3. The predicted molar refractivity (Wildman–Crippen MR) is 92.2 cm³/mol. The highest BCUT2D eigenvalue weighted by Crippen LogP contribution is 2.43. The second-order valence-corrected chi connectivity index (χ2v) is 6.76. The number of amides is 1. The van der Waals surface area contributed by atoms with Gasteiger partial charge in [-0.2, -0.15) is 0 Å². The van der Waals surface area contributed by atoms with Crippen molar-refractivity contribution in [1.29, 1.82) is 0 Å². The summed E-state index contributed by atoms with van der Waals surface area (Å²) in [5, 5.41) is 11.4. The quantitative estimate of drug-likeness (QED) is 0.582. The normalized spacial score (nSPS) is 17.6. The van der Waals surface area contributed by atoms with E-state index in [1.807, 2.05) is 0 Å². The molecular weight excluding hydrogens is 359 g/mol. The molecule has 0 aromatic heterocycles. The Morgan fingerprint density at radius 2 is 1.96 bits per heavy atom. The van der Waals surface area contributed by atoms with Crippen LogP contribution in [0.25, 0.3) is 0 Å². The third kappa shape index (κ3) is 3.15. The molecule has 0 unspecified atom stereocenters. The van der Waals surface area contributed by atoms with Crippen molar-refractivity contribution in [1.82, 2.24) is 0 Å². The second kappa shape index (κ2) is 6.39. The molecule has 1 aliphatic heterocycles. The minimum Gasteiger partial charge on any atom is -0.295 e. The number of benzene rings is 2. The zero-order chi connectivity index (χ0) is 16.6. The summed E-state index contributed by atoms with van der Waals surface area (Å²) < 4.78 is 0. The minimum absolute atomic E-state index is 0.00321. The first-order valence-corrected chi connectivity index (χ1v) is 8.41. The Kier molecular flexibility index (Phi) is 4.48. The number of carbonyl (C=O) groups is 1. The van der Waals surface area contributed by atoms with Crippen LogP contribution in [0, 0.1) is 10.1 Å². The first kappa shape index (κ1) is 16.1. The Balaban J connectivity index is 2.01. The molecule has 118 valence electrons. The van der Waals surface area contributed by atoms with Crippen molar-refractivity contribution in [3.63, 3.8) is 0 Å². The van der Waals surface area contributed by atoms with Crippen LogP contribution in [0.15, 0.2) is 42.5 Å². The van der Waals surface area contributed by atoms with Gasteiger partial charge in [-0.05, 0) is 23.8 Å². The zero-order valence-corrected chi connectivity index (χ0v) is 13.9. The Bertz CT molecular complexity index is 800. The molecule has 8 heteroatoms. The number of hydrogen-bond acceptors (Lipinski definition) is 4. The van der Waals surface area contributed by atoms with Crippen molar-refractivity contribution in [2.24, 2.45) is 0 Å². The molecule has 0 aliphatic carbocycles. The van der Waals surface area contributed by atoms with E-state index in [9.17, 15) is 14.9 Å². The molecule has 3 rings (SSSR count). The maximum Gasteiger partial charge on any atom is 0.269 e. The van der Waals surface area contributed by atoms with Gasteiger partial charge in [-0.1, -0.05) is 35.3 Å². The van der Waals surface area contributed by atoms with Crippen LogP contribution in [0.5, 0.6) is 0 Å². The van der Waals surface area contributed by atoms with Crippen LogP contribution < -0.4 is 4.90 Å². The summed E-state index contributed by atoms with van der Waals surface area (Å²) in [4.78, 5) is 24.4. The molecule has 5 nitrogen and oxygen atoms in total. The Morgan fingerprint density at radius 1 is 1.17 bits per heavy atom. The second-order valence-electron chi connectivity index (χ2n) is 4.88. The summed E-state index contributed by atoms with van der Waals surface area (Å²) in [6.07, 6.45) is 0. The van der Waals surface area contributed by atoms with Crippen molar-refractivity contribution < 1.29 is 9.72 Å². The van der Waals surface area contributed by atoms with E-state index >= 15 is 0 Å². The Hall–Kier alpha value is -1.76. The number of anilines is 1. The maximum atomic E-state index is 12.3. The highest BCUT2D eigenvalue weighted by Gasteiger charge is 2.34. The highest BCUT2D eigenvalue weighted by molar-refractivity contribution is 8.00. The maximum absolute atomic E-state index is 12.3. The molecule has 1 fully saturated rings. The summed E-state index contributed by atoms with van der Waals surface area (Å²) in [6.45, 7) is 0. The molecule has 0 radical (unpaired) electrons. The molecule has 1 atom stereocenters. The van der Waals surface area contributed by atoms with E-state index in [4.69, 9.17) is 23.2 Å². The number of carbonyl (C=O) groups excluding carboxylic acids is 1. The molecular formula is C15H10Cl2N2O3S. The van der Waals surface area contributed by atoms with E-state index in [2.05, 4.69) is 0 Å². The number of halogens is 2. The predicted octanol–water partition coefficient (Wildman–Crippen LogP) is 4.68. The van der Waals surface area contributed by atoms with Gasteiger partial charge >= 0.3 is 0 Å². The molecule has 1 aliphatic rings. The van der Waals surface area contributed by atoms with Gasteiger partial charge in [0.2, 0.25) is 5.91 Å². The topological polar surface area (TPSA) is 63.4 Å². The lowest BCUT2D eigenvalue weighted by Gasteiger charge is -2.24. The molecule has 2 aromatic carbocycles. The van der Waals surface area contributed by atoms with Crippen LogP contribution in [-0.2, 0) is 4.79 Å². The molecule has 0 spiro atoms. The number of thioether (sulfide) groups is 1. The van der Waals surface area contributed by atoms with Gasteiger partial charge < -0.3 is 0 Å². The van der Waals surface area contributed by atoms with Gasteiger partial charge in [0.15, 0.2) is 0 Å². The summed E-state index contributed by atoms with van der Waals surface area (Å²) in [7, 11) is 0. The number of nitro groups is 1. The SMILES string of the molecule is O=C1CS[C@H](c2cccc([N+](=O)[O-])c2)N1c1ccc(Cl)c(Cl)c1. The summed E-state index contributed by atoms with van der Waals surface area (Å²) in [5.41, 5.74) is 1.31. The minimum atomic E-state index is -0.450. The number of hydrogen-bond donors (Lipinski definition) is 0. The van der Waals surface area contributed by atoms with Gasteiger partial charge in [0.1, 0.15) is 5.37 Å². The van der Waals surface area contributed by atoms with Crippen molar-refractivity contribution >= 4 is 52.2 Å². The number of nitrogens with zero attached hydrogens (tertiary/aromatic N) is 2. The van der Waals surface area contributed by atoms with Gasteiger partial charge in [0.05, 0.1) is 20.7 Å². The fourth-order valence-corrected chi connectivity index (χ4v) is 3.84. The van der Waals surface area contributed by atoms with E-state index in [-0.39, 0.29) is 17.0 Å². The van der Waals surface area contributed by atoms with Crippen molar-refractivity contribution in [2.45, 2.75) is 5.37 Å². The van der Waals surface area contributed by atoms with Crippen LogP contribution in [0.4, 0.5) is 11.4 Å². The highest BCUT2D eigenvalue weighted by atomic mass is 35.5. The van der Waals surface area contributed by atoms with Crippen molar-refractivity contribution in [3.8, 4) is 0 Å². The smallest absolute Gasteiger partial charge is 0.269 e. The van der Waals surface area contributed by atoms with Gasteiger partial charge in [0.25, 0.3) is 5.69 Å². The standard InChI is InChI=1S/C15H10Cl2N2O3S/c16-12-5-4-10(7-13(12)17)18-14(20)8-23-15(18)9-2-1-3-11(6-9)19(21)22/h1-7,15H,8H2/t15-/m1/s1. The average molecular weight is 369 g/mol. The van der Waals surface area contributed by atoms with Crippen LogP contribution in [0.1, 0.15) is 10.9 Å². The molecule has 0 saturated carbocycles. The molecule has 2 aromatic rings. The molecule has 0 bridgehead atoms. The molecule has 23 heavy (non-hydrogen) atoms. The van der Waals surface area contributed by atoms with E-state index in [0.29, 0.717) is 27.0 Å².